The first-order valence-corrected chi connectivity index (χ1v) is 43.6. The van der Waals surface area contributed by atoms with E-state index in [1.165, 1.54) is 61.2 Å². The first kappa shape index (κ1) is 89.0. The van der Waals surface area contributed by atoms with Crippen molar-refractivity contribution in [2.75, 3.05) is 0 Å². The fourth-order valence-corrected chi connectivity index (χ4v) is 16.0. The molecule has 0 aliphatic rings. The van der Waals surface area contributed by atoms with Crippen LogP contribution in [0.2, 0.25) is 20.1 Å². The van der Waals surface area contributed by atoms with E-state index in [1.807, 2.05) is 195 Å². The van der Waals surface area contributed by atoms with Gasteiger partial charge in [0.25, 0.3) is 0 Å². The van der Waals surface area contributed by atoms with Crippen LogP contribution in [0.4, 0.5) is 22.0 Å². The van der Waals surface area contributed by atoms with Crippen LogP contribution in [0, 0.1) is 42.9 Å². The molecular formula is C104H67Cl4F5N24. The highest BCUT2D eigenvalue weighted by Gasteiger charge is 2.21. The van der Waals surface area contributed by atoms with E-state index >= 15 is 0 Å². The van der Waals surface area contributed by atoms with Crippen molar-refractivity contribution in [3.8, 4) is 134 Å². The van der Waals surface area contributed by atoms with Crippen LogP contribution in [0.25, 0.3) is 168 Å². The molecule has 0 aliphatic heterocycles. The van der Waals surface area contributed by atoms with Crippen molar-refractivity contribution in [3.63, 3.8) is 0 Å². The van der Waals surface area contributed by atoms with Crippen LogP contribution in [0.1, 0.15) is 11.1 Å². The van der Waals surface area contributed by atoms with Crippen molar-refractivity contribution in [3.05, 3.63) is 433 Å². The summed E-state index contributed by atoms with van der Waals surface area (Å²) < 4.78 is 79.0. The van der Waals surface area contributed by atoms with Gasteiger partial charge in [0, 0.05) is 157 Å². The SMILES string of the molecule is Cc1cc(-c2ncccc2-c2ccn3ncnc3c2)ccc1F.Cc1cccc(-c2ncccc2-c2ccn3ncnc3c2)c1.Clc1cccc(-c2ncccc2-c2ccn3ncnc3c2)c1.Fc1cc(F)c(-c2ncccc2-c2ccn3ncnc3c2)cc1Cl.Fc1ccc(-c2ncccc2-c2ccn3ncnc3c2)cc1Cl.Fc1ccc(Cl)cc1-c1ncccc1-c1ccn2ncnc2c1. The zero-order valence-electron chi connectivity index (χ0n) is 71.9. The van der Waals surface area contributed by atoms with Gasteiger partial charge in [0.1, 0.15) is 67.1 Å². The van der Waals surface area contributed by atoms with Gasteiger partial charge in [-0.25, -0.2) is 78.9 Å². The van der Waals surface area contributed by atoms with Gasteiger partial charge in [0.15, 0.2) is 33.9 Å². The normalized spacial score (nSPS) is 11.0. The van der Waals surface area contributed by atoms with E-state index in [9.17, 15) is 22.0 Å². The largest absolute Gasteiger partial charge is 0.256 e. The molecule has 137 heavy (non-hydrogen) atoms. The topological polar surface area (TPSA) is 258 Å². The van der Waals surface area contributed by atoms with Crippen molar-refractivity contribution in [1.29, 1.82) is 0 Å². The number of pyridine rings is 12. The van der Waals surface area contributed by atoms with E-state index in [2.05, 4.69) is 128 Å². The third-order valence-electron chi connectivity index (χ3n) is 21.9. The van der Waals surface area contributed by atoms with E-state index < -0.39 is 17.5 Å². The highest BCUT2D eigenvalue weighted by atomic mass is 35.5. The molecule has 666 valence electrons. The summed E-state index contributed by atoms with van der Waals surface area (Å²) >= 11 is 23.8. The molecule has 0 amide bonds. The van der Waals surface area contributed by atoms with E-state index in [0.717, 1.165) is 135 Å². The Morgan fingerprint density at radius 1 is 0.204 bits per heavy atom. The molecule has 18 aromatic heterocycles. The predicted molar refractivity (Wildman–Crippen MR) is 519 cm³/mol. The Kier molecular flexibility index (Phi) is 26.0. The Morgan fingerprint density at radius 3 is 0.854 bits per heavy atom. The van der Waals surface area contributed by atoms with Crippen molar-refractivity contribution in [2.45, 2.75) is 13.8 Å². The third-order valence-corrected chi connectivity index (χ3v) is 22.9. The van der Waals surface area contributed by atoms with Crippen LogP contribution in [-0.2, 0) is 0 Å². The van der Waals surface area contributed by atoms with Gasteiger partial charge in [-0.2, -0.15) is 30.6 Å². The molecule has 24 rings (SSSR count). The van der Waals surface area contributed by atoms with E-state index in [-0.39, 0.29) is 27.2 Å². The molecule has 6 aromatic carbocycles. The maximum Gasteiger partial charge on any atom is 0.155 e. The van der Waals surface area contributed by atoms with E-state index in [4.69, 9.17) is 46.4 Å². The molecule has 24 aromatic rings. The number of aryl methyl sites for hydroxylation is 2. The van der Waals surface area contributed by atoms with Crippen LogP contribution in [0.5, 0.6) is 0 Å². The Balaban J connectivity index is 0.000000105. The number of hydrogen-bond acceptors (Lipinski definition) is 18. The first-order valence-electron chi connectivity index (χ1n) is 42.1. The van der Waals surface area contributed by atoms with Gasteiger partial charge in [0.2, 0.25) is 0 Å². The molecule has 0 aliphatic carbocycles. The molecule has 0 N–H and O–H groups in total. The average Bonchev–Trinajstić information content (AvgIpc) is 1.79. The van der Waals surface area contributed by atoms with Gasteiger partial charge in [-0.05, 0) is 241 Å². The summed E-state index contributed by atoms with van der Waals surface area (Å²) in [5.74, 6) is -2.55. The highest BCUT2D eigenvalue weighted by molar-refractivity contribution is 6.32. The maximum atomic E-state index is 14.3. The Morgan fingerprint density at radius 2 is 0.504 bits per heavy atom. The van der Waals surface area contributed by atoms with E-state index in [1.54, 1.807) is 120 Å². The zero-order valence-corrected chi connectivity index (χ0v) is 74.9. The summed E-state index contributed by atoms with van der Waals surface area (Å²) in [7, 11) is 0. The summed E-state index contributed by atoms with van der Waals surface area (Å²) in [4.78, 5) is 51.9. The quantitative estimate of drug-likeness (QED) is 0.0813. The number of aromatic nitrogens is 24. The minimum atomic E-state index is -0.805. The predicted octanol–water partition coefficient (Wildman–Crippen LogP) is 24.7. The van der Waals surface area contributed by atoms with Crippen molar-refractivity contribution in [1.82, 2.24) is 117 Å². The number of halogens is 9. The molecule has 0 bridgehead atoms. The van der Waals surface area contributed by atoms with E-state index in [0.29, 0.717) is 49.4 Å². The van der Waals surface area contributed by atoms with Crippen LogP contribution in [0.3, 0.4) is 0 Å². The molecule has 0 saturated carbocycles. The minimum Gasteiger partial charge on any atom is -0.256 e. The van der Waals surface area contributed by atoms with Gasteiger partial charge in [-0.15, -0.1) is 0 Å². The average molecular weight is 1890 g/mol. The van der Waals surface area contributed by atoms with Gasteiger partial charge in [0.05, 0.1) is 44.2 Å². The van der Waals surface area contributed by atoms with Crippen LogP contribution < -0.4 is 0 Å². The number of hydrogen-bond donors (Lipinski definition) is 0. The van der Waals surface area contributed by atoms with Crippen LogP contribution in [0.15, 0.2) is 373 Å². The van der Waals surface area contributed by atoms with Crippen LogP contribution >= 0.6 is 46.4 Å². The van der Waals surface area contributed by atoms with Crippen LogP contribution in [-0.4, -0.2) is 117 Å². The molecule has 0 unspecified atom stereocenters. The molecule has 0 fully saturated rings. The number of nitrogens with zero attached hydrogens (tertiary/aromatic N) is 24. The van der Waals surface area contributed by atoms with Crippen molar-refractivity contribution < 1.29 is 22.0 Å². The van der Waals surface area contributed by atoms with Crippen molar-refractivity contribution in [2.24, 2.45) is 0 Å². The monoisotopic (exact) mass is 1890 g/mol. The molecular weight excluding hydrogens is 1820 g/mol. The molecule has 18 heterocycles. The lowest BCUT2D eigenvalue weighted by atomic mass is 9.99. The summed E-state index contributed by atoms with van der Waals surface area (Å²) in [6.07, 6.45) is 30.4. The minimum absolute atomic E-state index is 0.0759. The number of rotatable bonds is 12. The Hall–Kier alpha value is -17.3. The lowest BCUT2D eigenvalue weighted by Gasteiger charge is -2.10. The molecule has 24 nitrogen and oxygen atoms in total. The fourth-order valence-electron chi connectivity index (χ4n) is 15.3. The summed E-state index contributed by atoms with van der Waals surface area (Å²) in [6, 6.07) is 78.5. The number of fused-ring (bicyclic) bond motifs is 6. The second-order valence-electron chi connectivity index (χ2n) is 30.6. The van der Waals surface area contributed by atoms with Gasteiger partial charge in [-0.1, -0.05) is 119 Å². The highest BCUT2D eigenvalue weighted by Crippen LogP contribution is 2.40. The molecule has 0 saturated heterocycles. The second kappa shape index (κ2) is 40.1. The second-order valence-corrected chi connectivity index (χ2v) is 32.3. The lowest BCUT2D eigenvalue weighted by Crippen LogP contribution is -1.95. The first-order chi connectivity index (χ1) is 66.9. The van der Waals surface area contributed by atoms with Gasteiger partial charge < -0.3 is 0 Å². The maximum absolute atomic E-state index is 14.3. The third kappa shape index (κ3) is 19.8. The zero-order chi connectivity index (χ0) is 94.0. The summed E-state index contributed by atoms with van der Waals surface area (Å²) in [5, 5.41) is 25.6. The molecule has 0 radical (unpaired) electrons. The van der Waals surface area contributed by atoms with Crippen molar-refractivity contribution >= 4 is 80.3 Å². The van der Waals surface area contributed by atoms with Gasteiger partial charge in [-0.3, -0.25) is 29.9 Å². The number of benzene rings is 6. The standard InChI is InChI=1S/C18H13FN4.C18H14N4.C17H9ClF2N4.2C17H10ClFN4.C17H11ClN4/c1-12-9-14(4-5-16(12)19)18-15(3-2-7-20-18)13-6-8-23-17(10-13)21-11-22-23;1-13-4-2-5-15(10-13)18-16(6-3-8-19-18)14-7-9-22-17(11-14)20-12-21-22;18-13-7-12(14(19)8-15(13)20)17-11(2-1-4-21-17)10-3-5-24-16(6-10)22-9-23-24;18-14-8-12(3-4-15(14)19)17-13(2-1-6-20-17)11-5-7-23-16(9-11)21-10-22-23;18-12-3-4-15(19)14(9-12)17-13(2-1-6-20-17)11-5-7-23-16(8-11)21-10-22-23;18-14-4-1-3-13(9-14)17-15(5-2-7-19-17)12-6-8-22-16(10-12)20-11-21-22/h2-11H,1H3;2-12H,1H3;1-9H;2*1-10H;1-11H. The summed E-state index contributed by atoms with van der Waals surface area (Å²) in [5.41, 5.74) is 26.2. The van der Waals surface area contributed by atoms with Gasteiger partial charge >= 0.3 is 0 Å². The fraction of sp³-hybridized carbons (Fsp3) is 0.0192. The Bertz CT molecular complexity index is 8240. The molecule has 0 spiro atoms. The smallest absolute Gasteiger partial charge is 0.155 e. The molecule has 33 heteroatoms. The summed E-state index contributed by atoms with van der Waals surface area (Å²) in [6.45, 7) is 3.85. The molecule has 0 atom stereocenters. The Labute approximate surface area is 796 Å². The lowest BCUT2D eigenvalue weighted by molar-refractivity contribution is 0.585.